The fourth-order valence-corrected chi connectivity index (χ4v) is 2.03. The van der Waals surface area contributed by atoms with Crippen molar-refractivity contribution in [3.8, 4) is 0 Å². The number of hydrogen-bond donors (Lipinski definition) is 2. The number of nitrogen functional groups attached to an aromatic ring is 1. The molecule has 1 fully saturated rings. The number of nitrogens with two attached hydrogens (primary N) is 1. The highest BCUT2D eigenvalue weighted by atomic mass is 16.3. The monoisotopic (exact) mass is 207 g/mol. The van der Waals surface area contributed by atoms with Gasteiger partial charge in [0.1, 0.15) is 0 Å². The highest BCUT2D eigenvalue weighted by Gasteiger charge is 2.26. The Kier molecular flexibility index (Phi) is 2.77. The molecule has 1 saturated heterocycles. The van der Waals surface area contributed by atoms with Crippen molar-refractivity contribution in [2.45, 2.75) is 19.4 Å². The summed E-state index contributed by atoms with van der Waals surface area (Å²) in [5, 5.41) is 9.50. The van der Waals surface area contributed by atoms with Crippen molar-refractivity contribution < 1.29 is 5.11 Å². The third-order valence-electron chi connectivity index (χ3n) is 3.02. The molecular weight excluding hydrogens is 190 g/mol. The number of pyridine rings is 1. The molecule has 82 valence electrons. The van der Waals surface area contributed by atoms with Crippen LogP contribution in [-0.4, -0.2) is 29.3 Å². The van der Waals surface area contributed by atoms with Crippen LogP contribution in [0.4, 0.5) is 11.4 Å². The SMILES string of the molecule is CC(O)C1CCN(c2cncc(N)c2)C1. The minimum absolute atomic E-state index is 0.232. The third-order valence-corrected chi connectivity index (χ3v) is 3.02. The zero-order chi connectivity index (χ0) is 10.8. The van der Waals surface area contributed by atoms with Crippen LogP contribution in [0.3, 0.4) is 0 Å². The lowest BCUT2D eigenvalue weighted by molar-refractivity contribution is 0.136. The molecule has 1 aliphatic rings. The van der Waals surface area contributed by atoms with Crippen LogP contribution in [0.1, 0.15) is 13.3 Å². The third kappa shape index (κ3) is 2.21. The van der Waals surface area contributed by atoms with Gasteiger partial charge in [-0.15, -0.1) is 0 Å². The van der Waals surface area contributed by atoms with Crippen LogP contribution in [-0.2, 0) is 0 Å². The molecule has 1 aliphatic heterocycles. The van der Waals surface area contributed by atoms with E-state index < -0.39 is 0 Å². The summed E-state index contributed by atoms with van der Waals surface area (Å²) in [7, 11) is 0. The van der Waals surface area contributed by atoms with Crippen molar-refractivity contribution >= 4 is 11.4 Å². The van der Waals surface area contributed by atoms with Crippen molar-refractivity contribution in [1.29, 1.82) is 0 Å². The fourth-order valence-electron chi connectivity index (χ4n) is 2.03. The molecule has 2 unspecified atom stereocenters. The maximum absolute atomic E-state index is 9.50. The number of anilines is 2. The van der Waals surface area contributed by atoms with Gasteiger partial charge in [0.25, 0.3) is 0 Å². The van der Waals surface area contributed by atoms with Gasteiger partial charge < -0.3 is 15.7 Å². The second-order valence-corrected chi connectivity index (χ2v) is 4.21. The van der Waals surface area contributed by atoms with Gasteiger partial charge in [0, 0.05) is 25.2 Å². The Labute approximate surface area is 89.7 Å². The predicted molar refractivity (Wildman–Crippen MR) is 60.7 cm³/mol. The van der Waals surface area contributed by atoms with E-state index in [1.165, 1.54) is 0 Å². The molecule has 1 aromatic rings. The molecule has 1 aromatic heterocycles. The maximum atomic E-state index is 9.50. The molecule has 2 rings (SSSR count). The molecule has 2 heterocycles. The number of nitrogens with zero attached hydrogens (tertiary/aromatic N) is 2. The number of aliphatic hydroxyl groups excluding tert-OH is 1. The summed E-state index contributed by atoms with van der Waals surface area (Å²) < 4.78 is 0. The summed E-state index contributed by atoms with van der Waals surface area (Å²) in [4.78, 5) is 6.29. The summed E-state index contributed by atoms with van der Waals surface area (Å²) >= 11 is 0. The molecule has 4 heteroatoms. The van der Waals surface area contributed by atoms with E-state index in [1.54, 1.807) is 6.20 Å². The highest BCUT2D eigenvalue weighted by molar-refractivity contribution is 5.53. The van der Waals surface area contributed by atoms with E-state index in [-0.39, 0.29) is 6.10 Å². The van der Waals surface area contributed by atoms with Gasteiger partial charge in [0.05, 0.1) is 23.7 Å². The fraction of sp³-hybridized carbons (Fsp3) is 0.545. The maximum Gasteiger partial charge on any atom is 0.0573 e. The Hall–Kier alpha value is -1.29. The standard InChI is InChI=1S/C11H17N3O/c1-8(15)9-2-3-14(7-9)11-4-10(12)5-13-6-11/h4-6,8-9,15H,2-3,7,12H2,1H3. The molecule has 4 nitrogen and oxygen atoms in total. The lowest BCUT2D eigenvalue weighted by Gasteiger charge is -2.19. The Balaban J connectivity index is 2.08. The van der Waals surface area contributed by atoms with E-state index in [0.29, 0.717) is 11.6 Å². The first-order valence-electron chi connectivity index (χ1n) is 5.30. The Morgan fingerprint density at radius 2 is 2.40 bits per heavy atom. The van der Waals surface area contributed by atoms with Crippen molar-refractivity contribution in [3.63, 3.8) is 0 Å². The number of aliphatic hydroxyl groups is 1. The Bertz CT molecular complexity index is 340. The summed E-state index contributed by atoms with van der Waals surface area (Å²) in [6, 6.07) is 1.93. The van der Waals surface area contributed by atoms with Crippen molar-refractivity contribution in [2.24, 2.45) is 5.92 Å². The lowest BCUT2D eigenvalue weighted by atomic mass is 10.0. The normalized spacial score (nSPS) is 23.1. The summed E-state index contributed by atoms with van der Waals surface area (Å²) in [5.74, 6) is 0.367. The van der Waals surface area contributed by atoms with Gasteiger partial charge in [-0.1, -0.05) is 0 Å². The molecule has 0 bridgehead atoms. The van der Waals surface area contributed by atoms with Gasteiger partial charge in [-0.2, -0.15) is 0 Å². The first-order chi connectivity index (χ1) is 7.16. The average Bonchev–Trinajstić information content (AvgIpc) is 2.66. The molecule has 0 amide bonds. The van der Waals surface area contributed by atoms with Gasteiger partial charge in [0.2, 0.25) is 0 Å². The van der Waals surface area contributed by atoms with Crippen LogP contribution in [0.5, 0.6) is 0 Å². The Morgan fingerprint density at radius 1 is 1.60 bits per heavy atom. The second kappa shape index (κ2) is 4.06. The molecule has 2 atom stereocenters. The zero-order valence-electron chi connectivity index (χ0n) is 8.93. The van der Waals surface area contributed by atoms with Crippen LogP contribution >= 0.6 is 0 Å². The minimum Gasteiger partial charge on any atom is -0.397 e. The smallest absolute Gasteiger partial charge is 0.0573 e. The summed E-state index contributed by atoms with van der Waals surface area (Å²) in [6.07, 6.45) is 4.27. The zero-order valence-corrected chi connectivity index (χ0v) is 8.93. The molecule has 0 aromatic carbocycles. The lowest BCUT2D eigenvalue weighted by Crippen LogP contribution is -2.23. The average molecular weight is 207 g/mol. The first kappa shape index (κ1) is 10.2. The molecular formula is C11H17N3O. The summed E-state index contributed by atoms with van der Waals surface area (Å²) in [6.45, 7) is 3.72. The van der Waals surface area contributed by atoms with Gasteiger partial charge in [-0.05, 0) is 19.4 Å². The van der Waals surface area contributed by atoms with E-state index in [2.05, 4.69) is 9.88 Å². The molecule has 3 N–H and O–H groups in total. The van der Waals surface area contributed by atoms with Crippen molar-refractivity contribution in [2.75, 3.05) is 23.7 Å². The van der Waals surface area contributed by atoms with E-state index in [0.717, 1.165) is 25.2 Å². The first-order valence-corrected chi connectivity index (χ1v) is 5.30. The van der Waals surface area contributed by atoms with Crippen LogP contribution in [0.2, 0.25) is 0 Å². The molecule has 0 aliphatic carbocycles. The quantitative estimate of drug-likeness (QED) is 0.755. The van der Waals surface area contributed by atoms with Crippen LogP contribution in [0.15, 0.2) is 18.5 Å². The Morgan fingerprint density at radius 3 is 3.00 bits per heavy atom. The van der Waals surface area contributed by atoms with Crippen LogP contribution < -0.4 is 10.6 Å². The number of hydrogen-bond acceptors (Lipinski definition) is 4. The van der Waals surface area contributed by atoms with E-state index >= 15 is 0 Å². The van der Waals surface area contributed by atoms with Gasteiger partial charge >= 0.3 is 0 Å². The van der Waals surface area contributed by atoms with Crippen LogP contribution in [0.25, 0.3) is 0 Å². The van der Waals surface area contributed by atoms with E-state index in [4.69, 9.17) is 5.73 Å². The number of rotatable bonds is 2. The van der Waals surface area contributed by atoms with Gasteiger partial charge in [-0.25, -0.2) is 0 Å². The van der Waals surface area contributed by atoms with E-state index in [9.17, 15) is 5.11 Å². The van der Waals surface area contributed by atoms with E-state index in [1.807, 2.05) is 19.2 Å². The van der Waals surface area contributed by atoms with Crippen LogP contribution in [0, 0.1) is 5.92 Å². The minimum atomic E-state index is -0.232. The van der Waals surface area contributed by atoms with Gasteiger partial charge in [-0.3, -0.25) is 4.98 Å². The summed E-state index contributed by atoms with van der Waals surface area (Å²) in [5.41, 5.74) is 7.42. The predicted octanol–water partition coefficient (Wildman–Crippen LogP) is 0.871. The highest BCUT2D eigenvalue weighted by Crippen LogP contribution is 2.25. The molecule has 0 radical (unpaired) electrons. The number of aromatic nitrogens is 1. The molecule has 0 spiro atoms. The topological polar surface area (TPSA) is 62.4 Å². The second-order valence-electron chi connectivity index (χ2n) is 4.21. The molecule has 0 saturated carbocycles. The van der Waals surface area contributed by atoms with Crippen molar-refractivity contribution in [1.82, 2.24) is 4.98 Å². The van der Waals surface area contributed by atoms with Crippen molar-refractivity contribution in [3.05, 3.63) is 18.5 Å². The van der Waals surface area contributed by atoms with Gasteiger partial charge in [0.15, 0.2) is 0 Å². The molecule has 15 heavy (non-hydrogen) atoms. The largest absolute Gasteiger partial charge is 0.397 e.